The first-order chi connectivity index (χ1) is 12.3. The molecule has 0 aliphatic carbocycles. The third kappa shape index (κ3) is 3.32. The Labute approximate surface area is 158 Å². The van der Waals surface area contributed by atoms with E-state index >= 15 is 0 Å². The molecule has 0 unspecified atom stereocenters. The molecule has 0 fully saturated rings. The predicted molar refractivity (Wildman–Crippen MR) is 102 cm³/mol. The second kappa shape index (κ2) is 7.09. The van der Waals surface area contributed by atoms with Crippen LogP contribution < -0.4 is 16.2 Å². The van der Waals surface area contributed by atoms with Crippen molar-refractivity contribution in [2.45, 2.75) is 13.8 Å². The molecule has 0 saturated carbocycles. The van der Waals surface area contributed by atoms with E-state index in [-0.39, 0.29) is 21.8 Å². The third-order valence-corrected chi connectivity index (χ3v) is 4.51. The summed E-state index contributed by atoms with van der Waals surface area (Å²) in [5.74, 6) is -0.209. The average Bonchev–Trinajstić information content (AvgIpc) is 2.57. The number of carbonyl (C=O) groups is 1. The summed E-state index contributed by atoms with van der Waals surface area (Å²) in [5, 5.41) is 13.4. The minimum Gasteiger partial charge on any atom is -0.340 e. The maximum absolute atomic E-state index is 12.9. The monoisotopic (exact) mass is 392 g/mol. The van der Waals surface area contributed by atoms with E-state index in [2.05, 4.69) is 10.3 Å². The van der Waals surface area contributed by atoms with Crippen molar-refractivity contribution in [2.75, 3.05) is 5.32 Å². The maximum Gasteiger partial charge on any atom is 0.202 e. The first kappa shape index (κ1) is 18.4. The minimum absolute atomic E-state index is 0.0414. The van der Waals surface area contributed by atoms with Crippen molar-refractivity contribution in [3.8, 4) is 0 Å². The molecule has 0 atom stereocenters. The van der Waals surface area contributed by atoms with Crippen LogP contribution in [0.4, 0.5) is 17.2 Å². The number of carbonyl (C=O) groups excluding carboxylic acids is 1. The quantitative estimate of drug-likeness (QED) is 0.309. The molecule has 8 heteroatoms. The van der Waals surface area contributed by atoms with Crippen LogP contribution in [0.2, 0.25) is 10.0 Å². The zero-order valence-electron chi connectivity index (χ0n) is 14.0. The van der Waals surface area contributed by atoms with Gasteiger partial charge in [0, 0.05) is 11.1 Å². The standard InChI is InChI=1S/C18H15Cl2N3O3/c1-8-3-4-13(12(20)5-8)21-18-15(9(2)24)17(25)11-6-10(19)7-14(23-26)16(11)22-18/h3-7,23,26H,1-2H3,(H2,21,22,25)/p+1. The molecule has 1 aromatic heterocycles. The van der Waals surface area contributed by atoms with E-state index in [1.54, 1.807) is 12.1 Å². The maximum atomic E-state index is 12.9. The number of aromatic nitrogens is 1. The molecule has 134 valence electrons. The largest absolute Gasteiger partial charge is 0.340 e. The number of ketones is 1. The highest BCUT2D eigenvalue weighted by atomic mass is 35.5. The summed E-state index contributed by atoms with van der Waals surface area (Å²) in [7, 11) is 0. The second-order valence-corrected chi connectivity index (χ2v) is 6.76. The fraction of sp³-hybridized carbons (Fsp3) is 0.111. The van der Waals surface area contributed by atoms with E-state index < -0.39 is 11.2 Å². The number of H-pyrrole nitrogens is 1. The van der Waals surface area contributed by atoms with Crippen LogP contribution in [-0.2, 0) is 0 Å². The third-order valence-electron chi connectivity index (χ3n) is 3.98. The summed E-state index contributed by atoms with van der Waals surface area (Å²) < 4.78 is 0. The molecule has 5 N–H and O–H groups in total. The number of anilines is 2. The number of aromatic amines is 1. The fourth-order valence-corrected chi connectivity index (χ4v) is 3.28. The van der Waals surface area contributed by atoms with Gasteiger partial charge in [-0.05, 0) is 37.6 Å². The molecule has 3 rings (SSSR count). The van der Waals surface area contributed by atoms with Gasteiger partial charge in [0.2, 0.25) is 5.43 Å². The number of fused-ring (bicyclic) bond motifs is 1. The Balaban J connectivity index is 2.30. The van der Waals surface area contributed by atoms with Crippen LogP contribution in [0.15, 0.2) is 35.1 Å². The van der Waals surface area contributed by atoms with Crippen LogP contribution in [0.5, 0.6) is 0 Å². The Kier molecular flexibility index (Phi) is 5.02. The molecule has 26 heavy (non-hydrogen) atoms. The number of aryl methyl sites for hydroxylation is 1. The van der Waals surface area contributed by atoms with E-state index in [0.29, 0.717) is 21.9 Å². The van der Waals surface area contributed by atoms with E-state index in [1.165, 1.54) is 19.1 Å². The Morgan fingerprint density at radius 2 is 1.96 bits per heavy atom. The highest BCUT2D eigenvalue weighted by molar-refractivity contribution is 6.33. The molecule has 0 bridgehead atoms. The molecular formula is C18H16Cl2N3O3+. The molecule has 2 aromatic carbocycles. The molecule has 0 radical (unpaired) electrons. The number of pyridine rings is 1. The highest BCUT2D eigenvalue weighted by Crippen LogP contribution is 2.29. The number of hydrogen-bond donors (Lipinski definition) is 4. The minimum atomic E-state index is -0.484. The van der Waals surface area contributed by atoms with Crippen molar-refractivity contribution in [3.63, 3.8) is 0 Å². The number of hydrogen-bond acceptors (Lipinski definition) is 4. The highest BCUT2D eigenvalue weighted by Gasteiger charge is 2.20. The zero-order chi connectivity index (χ0) is 19.0. The molecular weight excluding hydrogens is 377 g/mol. The van der Waals surface area contributed by atoms with Crippen molar-refractivity contribution in [2.24, 2.45) is 0 Å². The van der Waals surface area contributed by atoms with Gasteiger partial charge in [0.05, 0.1) is 16.1 Å². The van der Waals surface area contributed by atoms with Gasteiger partial charge in [0.25, 0.3) is 0 Å². The van der Waals surface area contributed by atoms with E-state index in [4.69, 9.17) is 23.2 Å². The number of nitrogens with one attached hydrogen (secondary N) is 2. The van der Waals surface area contributed by atoms with Crippen molar-refractivity contribution >= 4 is 57.1 Å². The normalized spacial score (nSPS) is 11.0. The molecule has 0 aliphatic rings. The van der Waals surface area contributed by atoms with E-state index in [9.17, 15) is 14.8 Å². The number of rotatable bonds is 4. The molecule has 0 spiro atoms. The van der Waals surface area contributed by atoms with Crippen LogP contribution in [0.3, 0.4) is 0 Å². The zero-order valence-corrected chi connectivity index (χ0v) is 15.5. The van der Waals surface area contributed by atoms with Crippen LogP contribution in [0, 0.1) is 6.92 Å². The van der Waals surface area contributed by atoms with Crippen LogP contribution in [-0.4, -0.2) is 16.0 Å². The van der Waals surface area contributed by atoms with Crippen molar-refractivity contribution in [1.29, 1.82) is 0 Å². The molecule has 0 amide bonds. The molecule has 0 aliphatic heterocycles. The summed E-state index contributed by atoms with van der Waals surface area (Å²) in [6.07, 6.45) is 0. The molecule has 1 heterocycles. The van der Waals surface area contributed by atoms with Gasteiger partial charge < -0.3 is 10.3 Å². The lowest BCUT2D eigenvalue weighted by Gasteiger charge is -2.14. The van der Waals surface area contributed by atoms with Crippen molar-refractivity contribution < 1.29 is 15.5 Å². The second-order valence-electron chi connectivity index (χ2n) is 5.92. The van der Waals surface area contributed by atoms with Crippen LogP contribution in [0.1, 0.15) is 22.8 Å². The van der Waals surface area contributed by atoms with Gasteiger partial charge in [-0.3, -0.25) is 9.59 Å². The lowest BCUT2D eigenvalue weighted by Crippen LogP contribution is -2.73. The van der Waals surface area contributed by atoms with Crippen molar-refractivity contribution in [1.82, 2.24) is 4.98 Å². The summed E-state index contributed by atoms with van der Waals surface area (Å²) in [6.45, 7) is 3.21. The first-order valence-electron chi connectivity index (χ1n) is 7.73. The summed E-state index contributed by atoms with van der Waals surface area (Å²) >= 11 is 12.3. The Morgan fingerprint density at radius 1 is 1.23 bits per heavy atom. The van der Waals surface area contributed by atoms with Crippen molar-refractivity contribution in [3.05, 3.63) is 61.7 Å². The van der Waals surface area contributed by atoms with Gasteiger partial charge in [-0.1, -0.05) is 29.3 Å². The lowest BCUT2D eigenvalue weighted by molar-refractivity contribution is -0.824. The smallest absolute Gasteiger partial charge is 0.202 e. The van der Waals surface area contributed by atoms with Crippen LogP contribution in [0.25, 0.3) is 10.9 Å². The van der Waals surface area contributed by atoms with Gasteiger partial charge in [-0.2, -0.15) is 5.48 Å². The first-order valence-corrected chi connectivity index (χ1v) is 8.48. The predicted octanol–water partition coefficient (Wildman–Crippen LogP) is 3.67. The molecule has 6 nitrogen and oxygen atoms in total. The molecule has 0 saturated heterocycles. The number of Topliss-reactive ketones (excluding diaryl/α,β-unsaturated/α-hetero) is 1. The van der Waals surface area contributed by atoms with Gasteiger partial charge in [0.1, 0.15) is 16.9 Å². The Hall–Kier alpha value is -2.38. The average molecular weight is 393 g/mol. The lowest BCUT2D eigenvalue weighted by atomic mass is 10.1. The summed E-state index contributed by atoms with van der Waals surface area (Å²) in [6, 6.07) is 8.34. The van der Waals surface area contributed by atoms with Crippen LogP contribution >= 0.6 is 23.2 Å². The number of halogens is 2. The number of quaternary nitrogens is 1. The molecule has 3 aromatic rings. The Bertz CT molecular complexity index is 1090. The SMILES string of the molecule is CC(=O)c1c(Nc2ccc(C)cc2Cl)[nH]c2c([NH2+]O)cc(Cl)cc2c1=O. The Morgan fingerprint density at radius 3 is 2.58 bits per heavy atom. The number of nitrogens with two attached hydrogens (primary N) is 1. The van der Waals surface area contributed by atoms with Gasteiger partial charge in [-0.15, -0.1) is 0 Å². The van der Waals surface area contributed by atoms with Gasteiger partial charge >= 0.3 is 0 Å². The number of benzene rings is 2. The fourth-order valence-electron chi connectivity index (χ4n) is 2.77. The van der Waals surface area contributed by atoms with E-state index in [0.717, 1.165) is 11.0 Å². The topological polar surface area (TPSA) is 98.8 Å². The van der Waals surface area contributed by atoms with Gasteiger partial charge in [-0.25, -0.2) is 5.21 Å². The van der Waals surface area contributed by atoms with E-state index in [1.807, 2.05) is 13.0 Å². The summed E-state index contributed by atoms with van der Waals surface area (Å²) in [4.78, 5) is 28.0. The summed E-state index contributed by atoms with van der Waals surface area (Å²) in [5.41, 5.74) is 2.53. The van der Waals surface area contributed by atoms with Gasteiger partial charge in [0.15, 0.2) is 11.5 Å².